The minimum atomic E-state index is -0.566. The Morgan fingerprint density at radius 2 is 2.23 bits per heavy atom. The van der Waals surface area contributed by atoms with Crippen molar-refractivity contribution in [3.05, 3.63) is 44.2 Å². The van der Waals surface area contributed by atoms with Crippen LogP contribution in [-0.2, 0) is 0 Å². The largest absolute Gasteiger partial charge is 0.422 e. The fraction of sp³-hybridized carbons (Fsp3) is 0.375. The zero-order valence-electron chi connectivity index (χ0n) is 12.5. The van der Waals surface area contributed by atoms with Crippen molar-refractivity contribution in [1.29, 1.82) is 0 Å². The molecule has 1 N–H and O–H groups in total. The van der Waals surface area contributed by atoms with Gasteiger partial charge in [-0.25, -0.2) is 4.79 Å². The van der Waals surface area contributed by atoms with E-state index in [1.807, 2.05) is 19.1 Å². The summed E-state index contributed by atoms with van der Waals surface area (Å²) in [5.41, 5.74) is 0.739. The first kappa shape index (κ1) is 15.2. The molecule has 1 unspecified atom stereocenters. The second-order valence-corrected chi connectivity index (χ2v) is 6.55. The molecule has 0 radical (unpaired) electrons. The van der Waals surface area contributed by atoms with E-state index in [4.69, 9.17) is 4.42 Å². The summed E-state index contributed by atoms with van der Waals surface area (Å²) in [6.45, 7) is 5.74. The Morgan fingerprint density at radius 3 is 2.95 bits per heavy atom. The number of hydrogen-bond donors (Lipinski definition) is 1. The van der Waals surface area contributed by atoms with Crippen molar-refractivity contribution in [3.63, 3.8) is 0 Å². The molecular weight excluding hydrogens is 348 g/mol. The molecule has 1 fully saturated rings. The van der Waals surface area contributed by atoms with Gasteiger partial charge < -0.3 is 14.6 Å². The highest BCUT2D eigenvalue weighted by molar-refractivity contribution is 9.10. The molecule has 2 aromatic rings. The number of halogens is 1. The molecule has 22 heavy (non-hydrogen) atoms. The maximum Gasteiger partial charge on any atom is 0.349 e. The number of amides is 1. The zero-order chi connectivity index (χ0) is 15.9. The Balaban J connectivity index is 2.10. The highest BCUT2D eigenvalue weighted by atomic mass is 79.9. The molecule has 6 heteroatoms. The van der Waals surface area contributed by atoms with Gasteiger partial charge in [0.2, 0.25) is 0 Å². The third-order valence-electron chi connectivity index (χ3n) is 4.00. The third kappa shape index (κ3) is 2.68. The Hall–Kier alpha value is -1.66. The number of nitrogens with zero attached hydrogens (tertiary/aromatic N) is 1. The maximum absolute atomic E-state index is 12.7. The van der Waals surface area contributed by atoms with E-state index in [-0.39, 0.29) is 17.5 Å². The van der Waals surface area contributed by atoms with Crippen LogP contribution in [-0.4, -0.2) is 36.5 Å². The Kier molecular flexibility index (Phi) is 4.06. The van der Waals surface area contributed by atoms with E-state index >= 15 is 0 Å². The first-order chi connectivity index (χ1) is 10.5. The summed E-state index contributed by atoms with van der Waals surface area (Å²) < 4.78 is 6.21. The molecule has 0 aliphatic carbocycles. The Bertz CT molecular complexity index is 800. The summed E-state index contributed by atoms with van der Waals surface area (Å²) >= 11 is 3.41. The molecule has 116 valence electrons. The van der Waals surface area contributed by atoms with E-state index in [0.29, 0.717) is 24.2 Å². The van der Waals surface area contributed by atoms with Crippen LogP contribution in [0, 0.1) is 6.92 Å². The topological polar surface area (TPSA) is 62.6 Å². The number of carbonyl (C=O) groups excluding carboxylic acids is 1. The van der Waals surface area contributed by atoms with Gasteiger partial charge in [-0.1, -0.05) is 15.9 Å². The van der Waals surface area contributed by atoms with Crippen LogP contribution in [0.5, 0.6) is 0 Å². The highest BCUT2D eigenvalue weighted by Gasteiger charge is 2.26. The third-order valence-corrected chi connectivity index (χ3v) is 4.49. The molecule has 1 aromatic heterocycles. The molecular formula is C16H17BrN2O3. The van der Waals surface area contributed by atoms with Crippen molar-refractivity contribution in [1.82, 2.24) is 10.2 Å². The standard InChI is InChI=1S/C16H17BrN2O3/c1-9-8-19(6-5-18-9)15(20)14-10(2)12-7-11(17)3-4-13(12)22-16(14)21/h3-4,7,9,18H,5-6,8H2,1-2H3. The second kappa shape index (κ2) is 5.85. The van der Waals surface area contributed by atoms with E-state index in [1.54, 1.807) is 17.9 Å². The van der Waals surface area contributed by atoms with Gasteiger partial charge in [-0.3, -0.25) is 4.79 Å². The molecule has 1 aliphatic rings. The first-order valence-corrected chi connectivity index (χ1v) is 8.02. The van der Waals surface area contributed by atoms with Gasteiger partial charge in [-0.15, -0.1) is 0 Å². The van der Waals surface area contributed by atoms with E-state index in [0.717, 1.165) is 16.4 Å². The number of piperazine rings is 1. The van der Waals surface area contributed by atoms with Crippen molar-refractivity contribution in [2.45, 2.75) is 19.9 Å². The number of aryl methyl sites for hydroxylation is 1. The minimum Gasteiger partial charge on any atom is -0.422 e. The van der Waals surface area contributed by atoms with Crippen LogP contribution in [0.3, 0.4) is 0 Å². The number of benzene rings is 1. The number of rotatable bonds is 1. The normalized spacial score (nSPS) is 18.7. The predicted octanol–water partition coefficient (Wildman–Crippen LogP) is 2.30. The van der Waals surface area contributed by atoms with Crippen LogP contribution >= 0.6 is 15.9 Å². The molecule has 1 saturated heterocycles. The Morgan fingerprint density at radius 1 is 1.45 bits per heavy atom. The fourth-order valence-electron chi connectivity index (χ4n) is 2.85. The lowest BCUT2D eigenvalue weighted by atomic mass is 10.0. The predicted molar refractivity (Wildman–Crippen MR) is 88.3 cm³/mol. The number of hydrogen-bond acceptors (Lipinski definition) is 4. The van der Waals surface area contributed by atoms with Gasteiger partial charge in [0.15, 0.2) is 0 Å². The van der Waals surface area contributed by atoms with Gasteiger partial charge >= 0.3 is 5.63 Å². The summed E-state index contributed by atoms with van der Waals surface area (Å²) in [4.78, 5) is 26.7. The maximum atomic E-state index is 12.7. The van der Waals surface area contributed by atoms with Crippen molar-refractivity contribution < 1.29 is 9.21 Å². The van der Waals surface area contributed by atoms with Crippen molar-refractivity contribution in [2.24, 2.45) is 0 Å². The summed E-state index contributed by atoms with van der Waals surface area (Å²) in [6, 6.07) is 5.63. The summed E-state index contributed by atoms with van der Waals surface area (Å²) in [5.74, 6) is -0.249. The van der Waals surface area contributed by atoms with Crippen molar-refractivity contribution >= 4 is 32.8 Å². The number of carbonyl (C=O) groups is 1. The van der Waals surface area contributed by atoms with E-state index in [1.165, 1.54) is 0 Å². The average molecular weight is 365 g/mol. The molecule has 0 saturated carbocycles. The average Bonchev–Trinajstić information content (AvgIpc) is 2.48. The number of nitrogens with one attached hydrogen (secondary N) is 1. The monoisotopic (exact) mass is 364 g/mol. The zero-order valence-corrected chi connectivity index (χ0v) is 14.1. The lowest BCUT2D eigenvalue weighted by Gasteiger charge is -2.32. The lowest BCUT2D eigenvalue weighted by molar-refractivity contribution is 0.0704. The highest BCUT2D eigenvalue weighted by Crippen LogP contribution is 2.24. The molecule has 1 aliphatic heterocycles. The van der Waals surface area contributed by atoms with E-state index < -0.39 is 5.63 Å². The summed E-state index contributed by atoms with van der Waals surface area (Å²) in [6.07, 6.45) is 0. The summed E-state index contributed by atoms with van der Waals surface area (Å²) in [7, 11) is 0. The van der Waals surface area contributed by atoms with Gasteiger partial charge in [-0.05, 0) is 37.6 Å². The smallest absolute Gasteiger partial charge is 0.349 e. The molecule has 0 spiro atoms. The van der Waals surface area contributed by atoms with Crippen LogP contribution in [0.25, 0.3) is 11.0 Å². The van der Waals surface area contributed by atoms with Crippen LogP contribution in [0.4, 0.5) is 0 Å². The van der Waals surface area contributed by atoms with Crippen LogP contribution < -0.4 is 10.9 Å². The molecule has 5 nitrogen and oxygen atoms in total. The van der Waals surface area contributed by atoms with Gasteiger partial charge in [-0.2, -0.15) is 0 Å². The van der Waals surface area contributed by atoms with Crippen LogP contribution in [0.2, 0.25) is 0 Å². The van der Waals surface area contributed by atoms with E-state index in [9.17, 15) is 9.59 Å². The lowest BCUT2D eigenvalue weighted by Crippen LogP contribution is -2.52. The van der Waals surface area contributed by atoms with Gasteiger partial charge in [0.25, 0.3) is 5.91 Å². The molecule has 2 heterocycles. The SMILES string of the molecule is Cc1c(C(=O)N2CCNC(C)C2)c(=O)oc2ccc(Br)cc12. The van der Waals surface area contributed by atoms with E-state index in [2.05, 4.69) is 21.2 Å². The molecule has 3 rings (SSSR count). The molecule has 1 amide bonds. The molecule has 0 bridgehead atoms. The molecule has 1 aromatic carbocycles. The van der Waals surface area contributed by atoms with Gasteiger partial charge in [0.05, 0.1) is 0 Å². The fourth-order valence-corrected chi connectivity index (χ4v) is 3.21. The van der Waals surface area contributed by atoms with Crippen LogP contribution in [0.1, 0.15) is 22.8 Å². The first-order valence-electron chi connectivity index (χ1n) is 7.23. The van der Waals surface area contributed by atoms with Crippen LogP contribution in [0.15, 0.2) is 31.9 Å². The summed E-state index contributed by atoms with van der Waals surface area (Å²) in [5, 5.41) is 4.06. The van der Waals surface area contributed by atoms with Gasteiger partial charge in [0.1, 0.15) is 11.1 Å². The second-order valence-electron chi connectivity index (χ2n) is 5.64. The van der Waals surface area contributed by atoms with Crippen molar-refractivity contribution in [3.8, 4) is 0 Å². The minimum absolute atomic E-state index is 0.139. The van der Waals surface area contributed by atoms with Gasteiger partial charge in [0, 0.05) is 35.5 Å². The number of fused-ring (bicyclic) bond motifs is 1. The molecule has 1 atom stereocenters. The van der Waals surface area contributed by atoms with Crippen molar-refractivity contribution in [2.75, 3.05) is 19.6 Å². The quantitative estimate of drug-likeness (QED) is 0.788. The Labute approximate surface area is 136 Å².